The van der Waals surface area contributed by atoms with Crippen LogP contribution >= 0.6 is 15.9 Å². The van der Waals surface area contributed by atoms with E-state index in [-0.39, 0.29) is 0 Å². The zero-order valence-corrected chi connectivity index (χ0v) is 11.4. The molecular weight excluding hydrogens is 280 g/mol. The van der Waals surface area contributed by atoms with Crippen molar-refractivity contribution in [3.05, 3.63) is 28.2 Å². The van der Waals surface area contributed by atoms with Gasteiger partial charge in [0.15, 0.2) is 0 Å². The fraction of sp³-hybridized carbons (Fsp3) is 0.417. The van der Waals surface area contributed by atoms with Crippen LogP contribution in [0.2, 0.25) is 0 Å². The van der Waals surface area contributed by atoms with Crippen LogP contribution in [0.4, 0.5) is 5.69 Å². The Hall–Kier alpha value is -1.07. The van der Waals surface area contributed by atoms with Gasteiger partial charge in [-0.15, -0.1) is 0 Å². The van der Waals surface area contributed by atoms with Gasteiger partial charge < -0.3 is 5.32 Å². The second kappa shape index (κ2) is 5.51. The number of nitrogens with two attached hydrogens (primary N) is 1. The largest absolute Gasteiger partial charge is 0.325 e. The third kappa shape index (κ3) is 3.44. The van der Waals surface area contributed by atoms with Gasteiger partial charge in [0, 0.05) is 10.2 Å². The Morgan fingerprint density at radius 2 is 2.29 bits per heavy atom. The Labute approximate surface area is 110 Å². The minimum absolute atomic E-state index is 0.439. The highest BCUT2D eigenvalue weighted by atomic mass is 79.9. The van der Waals surface area contributed by atoms with Crippen molar-refractivity contribution >= 4 is 27.6 Å². The van der Waals surface area contributed by atoms with Gasteiger partial charge in [-0.25, -0.2) is 10.8 Å². The summed E-state index contributed by atoms with van der Waals surface area (Å²) in [4.78, 5) is 4.46. The molecule has 0 saturated heterocycles. The van der Waals surface area contributed by atoms with Gasteiger partial charge in [0.05, 0.1) is 6.04 Å². The van der Waals surface area contributed by atoms with Gasteiger partial charge in [-0.1, -0.05) is 22.9 Å². The fourth-order valence-corrected chi connectivity index (χ4v) is 2.00. The highest BCUT2D eigenvalue weighted by molar-refractivity contribution is 9.10. The van der Waals surface area contributed by atoms with Crippen LogP contribution in [0.15, 0.2) is 27.7 Å². The van der Waals surface area contributed by atoms with Crippen molar-refractivity contribution in [2.24, 2.45) is 10.8 Å². The molecule has 0 bridgehead atoms. The molecule has 0 amide bonds. The quantitative estimate of drug-likeness (QED) is 0.347. The molecule has 0 unspecified atom stereocenters. The minimum atomic E-state index is 0.439. The smallest absolute Gasteiger partial charge is 0.210 e. The second-order valence-electron chi connectivity index (χ2n) is 4.13. The standard InChI is InChI=1S/C12H17BrN4/c1-2-8-7-9(13)3-6-11(8)16-12(17-14)15-10-4-5-10/h3,6-7,10H,2,4-5,14H2,1H3,(H2,15,16,17). The molecule has 4 N–H and O–H groups in total. The van der Waals surface area contributed by atoms with Crippen molar-refractivity contribution in [2.45, 2.75) is 32.2 Å². The number of benzene rings is 1. The molecule has 17 heavy (non-hydrogen) atoms. The number of rotatable bonds is 3. The van der Waals surface area contributed by atoms with E-state index in [0.29, 0.717) is 12.0 Å². The Morgan fingerprint density at radius 3 is 2.88 bits per heavy atom. The molecule has 1 aliphatic carbocycles. The summed E-state index contributed by atoms with van der Waals surface area (Å²) in [6.45, 7) is 2.13. The molecule has 0 aliphatic heterocycles. The summed E-state index contributed by atoms with van der Waals surface area (Å²) in [6, 6.07) is 6.58. The van der Waals surface area contributed by atoms with Crippen LogP contribution < -0.4 is 16.6 Å². The molecule has 4 nitrogen and oxygen atoms in total. The van der Waals surface area contributed by atoms with Gasteiger partial charge in [0.25, 0.3) is 0 Å². The number of hydrogen-bond acceptors (Lipinski definition) is 2. The molecular formula is C12H17BrN4. The number of aliphatic imine (C=N–C) groups is 1. The molecule has 1 aromatic carbocycles. The number of halogens is 1. The summed E-state index contributed by atoms with van der Waals surface area (Å²) in [5.74, 6) is 6.11. The molecule has 1 aromatic rings. The zero-order valence-electron chi connectivity index (χ0n) is 9.83. The highest BCUT2D eigenvalue weighted by Gasteiger charge is 2.21. The SMILES string of the molecule is CCc1cc(Br)ccc1NC(=NC1CC1)NN. The Morgan fingerprint density at radius 1 is 1.53 bits per heavy atom. The molecule has 0 atom stereocenters. The first-order valence-electron chi connectivity index (χ1n) is 5.82. The lowest BCUT2D eigenvalue weighted by Gasteiger charge is -2.13. The van der Waals surface area contributed by atoms with Crippen molar-refractivity contribution in [1.82, 2.24) is 5.43 Å². The third-order valence-corrected chi connectivity index (χ3v) is 3.19. The lowest BCUT2D eigenvalue weighted by Crippen LogP contribution is -2.36. The van der Waals surface area contributed by atoms with Gasteiger partial charge in [0.2, 0.25) is 5.96 Å². The van der Waals surface area contributed by atoms with Crippen LogP contribution in [0.25, 0.3) is 0 Å². The number of nitrogens with one attached hydrogen (secondary N) is 2. The lowest BCUT2D eigenvalue weighted by molar-refractivity contribution is 0.964. The van der Waals surface area contributed by atoms with E-state index in [1.165, 1.54) is 5.56 Å². The molecule has 0 spiro atoms. The first kappa shape index (κ1) is 12.4. The molecule has 1 saturated carbocycles. The second-order valence-corrected chi connectivity index (χ2v) is 5.05. The number of nitrogens with zero attached hydrogens (tertiary/aromatic N) is 1. The predicted molar refractivity (Wildman–Crippen MR) is 74.9 cm³/mol. The van der Waals surface area contributed by atoms with Crippen LogP contribution in [0, 0.1) is 0 Å². The molecule has 0 heterocycles. The highest BCUT2D eigenvalue weighted by Crippen LogP contribution is 2.24. The maximum atomic E-state index is 5.47. The van der Waals surface area contributed by atoms with E-state index < -0.39 is 0 Å². The summed E-state index contributed by atoms with van der Waals surface area (Å²) in [6.07, 6.45) is 3.28. The maximum Gasteiger partial charge on any atom is 0.210 e. The van der Waals surface area contributed by atoms with E-state index in [1.54, 1.807) is 0 Å². The van der Waals surface area contributed by atoms with Crippen LogP contribution in [0.1, 0.15) is 25.3 Å². The van der Waals surface area contributed by atoms with Crippen molar-refractivity contribution < 1.29 is 0 Å². The van der Waals surface area contributed by atoms with Gasteiger partial charge in [0.1, 0.15) is 0 Å². The van der Waals surface area contributed by atoms with E-state index >= 15 is 0 Å². The average Bonchev–Trinajstić information content (AvgIpc) is 3.14. The predicted octanol–water partition coefficient (Wildman–Crippen LogP) is 2.41. The van der Waals surface area contributed by atoms with Gasteiger partial charge >= 0.3 is 0 Å². The average molecular weight is 297 g/mol. The van der Waals surface area contributed by atoms with Crippen LogP contribution in [0.3, 0.4) is 0 Å². The number of aryl methyl sites for hydroxylation is 1. The Bertz CT molecular complexity index is 427. The summed E-state index contributed by atoms with van der Waals surface area (Å²) in [5, 5.41) is 3.24. The van der Waals surface area contributed by atoms with Crippen molar-refractivity contribution in [3.8, 4) is 0 Å². The number of hydrogen-bond donors (Lipinski definition) is 3. The van der Waals surface area contributed by atoms with Gasteiger partial charge in [-0.2, -0.15) is 0 Å². The molecule has 1 fully saturated rings. The number of anilines is 1. The summed E-state index contributed by atoms with van der Waals surface area (Å²) < 4.78 is 1.08. The van der Waals surface area contributed by atoms with E-state index in [2.05, 4.69) is 44.7 Å². The fourth-order valence-electron chi connectivity index (χ4n) is 1.60. The van der Waals surface area contributed by atoms with Crippen LogP contribution in [-0.2, 0) is 6.42 Å². The molecule has 0 aromatic heterocycles. The van der Waals surface area contributed by atoms with Crippen molar-refractivity contribution in [3.63, 3.8) is 0 Å². The molecule has 5 heteroatoms. The third-order valence-electron chi connectivity index (χ3n) is 2.70. The summed E-state index contributed by atoms with van der Waals surface area (Å²) >= 11 is 3.47. The molecule has 1 aliphatic rings. The van der Waals surface area contributed by atoms with E-state index in [0.717, 1.165) is 29.4 Å². The first-order valence-corrected chi connectivity index (χ1v) is 6.62. The first-order chi connectivity index (χ1) is 8.22. The van der Waals surface area contributed by atoms with Crippen molar-refractivity contribution in [2.75, 3.05) is 5.32 Å². The van der Waals surface area contributed by atoms with Crippen LogP contribution in [-0.4, -0.2) is 12.0 Å². The van der Waals surface area contributed by atoms with E-state index in [4.69, 9.17) is 5.84 Å². The summed E-state index contributed by atoms with van der Waals surface area (Å²) in [5.41, 5.74) is 4.90. The van der Waals surface area contributed by atoms with Gasteiger partial charge in [-0.05, 0) is 43.0 Å². The molecule has 0 radical (unpaired) electrons. The summed E-state index contributed by atoms with van der Waals surface area (Å²) in [7, 11) is 0. The zero-order chi connectivity index (χ0) is 12.3. The topological polar surface area (TPSA) is 62.4 Å². The number of hydrazine groups is 1. The normalized spacial score (nSPS) is 15.8. The van der Waals surface area contributed by atoms with Crippen LogP contribution in [0.5, 0.6) is 0 Å². The van der Waals surface area contributed by atoms with Crippen molar-refractivity contribution in [1.29, 1.82) is 0 Å². The molecule has 92 valence electrons. The lowest BCUT2D eigenvalue weighted by atomic mass is 10.1. The monoisotopic (exact) mass is 296 g/mol. The Kier molecular flexibility index (Phi) is 4.02. The molecule has 2 rings (SSSR count). The maximum absolute atomic E-state index is 5.47. The Balaban J connectivity index is 2.15. The minimum Gasteiger partial charge on any atom is -0.325 e. The van der Waals surface area contributed by atoms with E-state index in [1.807, 2.05) is 12.1 Å². The van der Waals surface area contributed by atoms with E-state index in [9.17, 15) is 0 Å². The van der Waals surface area contributed by atoms with Gasteiger partial charge in [-0.3, -0.25) is 5.43 Å². The number of guanidine groups is 1.